The molecule has 1 N–H and O–H groups in total. The molecule has 0 saturated heterocycles. The molecule has 0 aliphatic heterocycles. The molecule has 0 fully saturated rings. The van der Waals surface area contributed by atoms with E-state index in [2.05, 4.69) is 5.32 Å². The van der Waals surface area contributed by atoms with E-state index < -0.39 is 27.4 Å². The van der Waals surface area contributed by atoms with E-state index in [1.54, 1.807) is 18.2 Å². The number of sulfonamides is 1. The van der Waals surface area contributed by atoms with Crippen LogP contribution in [0.25, 0.3) is 0 Å². The van der Waals surface area contributed by atoms with E-state index in [0.717, 1.165) is 10.6 Å². The van der Waals surface area contributed by atoms with Crippen molar-refractivity contribution in [1.82, 2.24) is 10.2 Å². The Morgan fingerprint density at radius 2 is 1.68 bits per heavy atom. The van der Waals surface area contributed by atoms with Crippen molar-refractivity contribution in [2.75, 3.05) is 17.1 Å². The van der Waals surface area contributed by atoms with Gasteiger partial charge >= 0.3 is 0 Å². The van der Waals surface area contributed by atoms with Crippen molar-refractivity contribution in [1.29, 1.82) is 0 Å². The lowest BCUT2D eigenvalue weighted by Crippen LogP contribution is -2.53. The van der Waals surface area contributed by atoms with Gasteiger partial charge in [0.1, 0.15) is 11.9 Å². The summed E-state index contributed by atoms with van der Waals surface area (Å²) in [5.74, 6) is -1.08. The van der Waals surface area contributed by atoms with Crippen molar-refractivity contribution in [3.8, 4) is 0 Å². The van der Waals surface area contributed by atoms with E-state index in [1.807, 2.05) is 27.7 Å². The molecule has 0 spiro atoms. The van der Waals surface area contributed by atoms with Crippen molar-refractivity contribution < 1.29 is 22.4 Å². The summed E-state index contributed by atoms with van der Waals surface area (Å²) < 4.78 is 39.2. The quantitative estimate of drug-likeness (QED) is 0.390. The van der Waals surface area contributed by atoms with Crippen molar-refractivity contribution in [3.63, 3.8) is 0 Å². The smallest absolute Gasteiger partial charge is 0.243 e. The largest absolute Gasteiger partial charge is 0.350 e. The summed E-state index contributed by atoms with van der Waals surface area (Å²) in [5, 5.41) is 3.65. The monoisotopic (exact) mass is 573 g/mol. The van der Waals surface area contributed by atoms with Gasteiger partial charge in [-0.15, -0.1) is 0 Å². The van der Waals surface area contributed by atoms with Crippen LogP contribution in [0, 0.1) is 5.82 Å². The van der Waals surface area contributed by atoms with E-state index in [9.17, 15) is 22.4 Å². The summed E-state index contributed by atoms with van der Waals surface area (Å²) in [4.78, 5) is 28.0. The molecule has 0 bridgehead atoms. The zero-order valence-electron chi connectivity index (χ0n) is 21.7. The van der Waals surface area contributed by atoms with Gasteiger partial charge in [0.2, 0.25) is 21.8 Å². The fourth-order valence-electron chi connectivity index (χ4n) is 3.82. The van der Waals surface area contributed by atoms with Gasteiger partial charge in [-0.1, -0.05) is 36.2 Å². The molecule has 0 aliphatic carbocycles. The second-order valence-electron chi connectivity index (χ2n) is 9.85. The normalized spacial score (nSPS) is 12.6. The Kier molecular flexibility index (Phi) is 10.8. The fraction of sp³-hybridized carbons (Fsp3) is 0.462. The molecule has 1 atom stereocenters. The summed E-state index contributed by atoms with van der Waals surface area (Å²) in [6.07, 6.45) is 1.62. The van der Waals surface area contributed by atoms with Crippen LogP contribution in [0.4, 0.5) is 10.1 Å². The van der Waals surface area contributed by atoms with Gasteiger partial charge in [-0.05, 0) is 75.6 Å². The molecule has 2 aromatic carbocycles. The number of carbonyl (C=O) groups excluding carboxylic acids is 2. The highest BCUT2D eigenvalue weighted by molar-refractivity contribution is 7.92. The molecule has 204 valence electrons. The first-order valence-electron chi connectivity index (χ1n) is 11.9. The number of rotatable bonds is 11. The van der Waals surface area contributed by atoms with Gasteiger partial charge in [-0.3, -0.25) is 13.9 Å². The second-order valence-corrected chi connectivity index (χ2v) is 12.6. The summed E-state index contributed by atoms with van der Waals surface area (Å²) in [6.45, 7) is 7.54. The van der Waals surface area contributed by atoms with Gasteiger partial charge in [0.15, 0.2) is 0 Å². The molecule has 0 radical (unpaired) electrons. The molecule has 2 rings (SSSR count). The highest BCUT2D eigenvalue weighted by atomic mass is 35.5. The van der Waals surface area contributed by atoms with Gasteiger partial charge in [0.05, 0.1) is 22.0 Å². The van der Waals surface area contributed by atoms with Gasteiger partial charge < -0.3 is 10.2 Å². The van der Waals surface area contributed by atoms with Crippen molar-refractivity contribution >= 4 is 50.7 Å². The van der Waals surface area contributed by atoms with Crippen molar-refractivity contribution in [3.05, 3.63) is 63.9 Å². The zero-order valence-corrected chi connectivity index (χ0v) is 24.1. The summed E-state index contributed by atoms with van der Waals surface area (Å²) in [6, 6.07) is 9.38. The first kappa shape index (κ1) is 30.9. The Morgan fingerprint density at radius 3 is 2.19 bits per heavy atom. The van der Waals surface area contributed by atoms with Gasteiger partial charge in [-0.25, -0.2) is 12.8 Å². The van der Waals surface area contributed by atoms with E-state index in [1.165, 1.54) is 29.2 Å². The minimum atomic E-state index is -3.67. The van der Waals surface area contributed by atoms with Gasteiger partial charge in [0.25, 0.3) is 0 Å². The van der Waals surface area contributed by atoms with E-state index in [0.29, 0.717) is 27.7 Å². The number of carbonyl (C=O) groups is 2. The number of anilines is 1. The maximum absolute atomic E-state index is 13.5. The Balaban J connectivity index is 2.26. The Morgan fingerprint density at radius 1 is 1.05 bits per heavy atom. The molecule has 37 heavy (non-hydrogen) atoms. The number of hydrogen-bond acceptors (Lipinski definition) is 4. The van der Waals surface area contributed by atoms with Crippen LogP contribution in [0.15, 0.2) is 42.5 Å². The molecular weight excluding hydrogens is 540 g/mol. The predicted molar refractivity (Wildman–Crippen MR) is 147 cm³/mol. The molecular formula is C26H34Cl2FN3O4S. The summed E-state index contributed by atoms with van der Waals surface area (Å²) >= 11 is 12.2. The standard InChI is InChI=1S/C26H34Cl2FN3O4S/c1-6-23(25(34)30-26(2,3)4)31(17-18-9-14-21(27)22(28)16-18)24(33)8-7-15-32(37(5,35)36)20-12-10-19(29)11-13-20/h9-14,16,23H,6-8,15,17H2,1-5H3,(H,30,34). The van der Waals surface area contributed by atoms with Crippen LogP contribution in [0.3, 0.4) is 0 Å². The number of nitrogens with zero attached hydrogens (tertiary/aromatic N) is 2. The minimum Gasteiger partial charge on any atom is -0.350 e. The van der Waals surface area contributed by atoms with Gasteiger partial charge in [0, 0.05) is 25.0 Å². The number of amides is 2. The van der Waals surface area contributed by atoms with Crippen LogP contribution >= 0.6 is 23.2 Å². The Bertz CT molecular complexity index is 1200. The topological polar surface area (TPSA) is 86.8 Å². The highest BCUT2D eigenvalue weighted by Gasteiger charge is 2.31. The van der Waals surface area contributed by atoms with Crippen LogP contribution < -0.4 is 9.62 Å². The molecule has 0 heterocycles. The number of hydrogen-bond donors (Lipinski definition) is 1. The lowest BCUT2D eigenvalue weighted by atomic mass is 10.0. The molecule has 7 nitrogen and oxygen atoms in total. The van der Waals surface area contributed by atoms with Crippen LogP contribution in [-0.4, -0.2) is 49.5 Å². The first-order chi connectivity index (χ1) is 17.1. The summed E-state index contributed by atoms with van der Waals surface area (Å²) in [7, 11) is -3.67. The molecule has 1 unspecified atom stereocenters. The maximum atomic E-state index is 13.5. The molecule has 0 aromatic heterocycles. The minimum absolute atomic E-state index is 0.00612. The van der Waals surface area contributed by atoms with E-state index in [-0.39, 0.29) is 37.7 Å². The third kappa shape index (κ3) is 9.47. The third-order valence-corrected chi connectivity index (χ3v) is 7.42. The second kappa shape index (κ2) is 12.9. The number of halogens is 3. The summed E-state index contributed by atoms with van der Waals surface area (Å²) in [5.41, 5.74) is 0.516. The van der Waals surface area contributed by atoms with Crippen molar-refractivity contribution in [2.45, 2.75) is 65.1 Å². The molecule has 11 heteroatoms. The number of nitrogens with one attached hydrogen (secondary N) is 1. The van der Waals surface area contributed by atoms with E-state index >= 15 is 0 Å². The lowest BCUT2D eigenvalue weighted by molar-refractivity contribution is -0.142. The first-order valence-corrected chi connectivity index (χ1v) is 14.5. The third-order valence-electron chi connectivity index (χ3n) is 5.49. The van der Waals surface area contributed by atoms with Crippen LogP contribution in [0.1, 0.15) is 52.5 Å². The molecule has 0 saturated carbocycles. The number of benzene rings is 2. The van der Waals surface area contributed by atoms with Crippen molar-refractivity contribution in [2.24, 2.45) is 0 Å². The zero-order chi connectivity index (χ0) is 28.0. The highest BCUT2D eigenvalue weighted by Crippen LogP contribution is 2.25. The lowest BCUT2D eigenvalue weighted by Gasteiger charge is -2.33. The Labute approximate surface area is 229 Å². The maximum Gasteiger partial charge on any atom is 0.243 e. The molecule has 2 amide bonds. The SMILES string of the molecule is CCC(C(=O)NC(C)(C)C)N(Cc1ccc(Cl)c(Cl)c1)C(=O)CCCN(c1ccc(F)cc1)S(C)(=O)=O. The predicted octanol–water partition coefficient (Wildman–Crippen LogP) is 5.40. The fourth-order valence-corrected chi connectivity index (χ4v) is 5.10. The van der Waals surface area contributed by atoms with E-state index in [4.69, 9.17) is 23.2 Å². The van der Waals surface area contributed by atoms with Gasteiger partial charge in [-0.2, -0.15) is 0 Å². The average Bonchev–Trinajstić information content (AvgIpc) is 2.77. The van der Waals surface area contributed by atoms with Crippen LogP contribution in [-0.2, 0) is 26.2 Å². The molecule has 0 aliphatic rings. The van der Waals surface area contributed by atoms with Crippen LogP contribution in [0.2, 0.25) is 10.0 Å². The average molecular weight is 575 g/mol. The molecule has 2 aromatic rings. The Hall–Kier alpha value is -2.36. The van der Waals surface area contributed by atoms with Crippen LogP contribution in [0.5, 0.6) is 0 Å².